The fraction of sp³-hybridized carbons (Fsp3) is 0.250. The van der Waals surface area contributed by atoms with Crippen LogP contribution in [0.1, 0.15) is 42.2 Å². The molecule has 0 aliphatic rings. The van der Waals surface area contributed by atoms with Gasteiger partial charge in [-0.15, -0.1) is 0 Å². The molecular formula is C20H22N4O3. The lowest BCUT2D eigenvalue weighted by Crippen LogP contribution is -2.17. The average Bonchev–Trinajstić information content (AvgIpc) is 3.37. The number of furan rings is 1. The molecule has 0 unspecified atom stereocenters. The lowest BCUT2D eigenvalue weighted by Gasteiger charge is -2.05. The van der Waals surface area contributed by atoms with Crippen molar-refractivity contribution in [1.82, 2.24) is 15.6 Å². The van der Waals surface area contributed by atoms with Gasteiger partial charge in [0.05, 0.1) is 19.1 Å². The van der Waals surface area contributed by atoms with E-state index in [9.17, 15) is 4.79 Å². The van der Waals surface area contributed by atoms with Crippen LogP contribution in [0.25, 0.3) is 11.5 Å². The van der Waals surface area contributed by atoms with E-state index in [1.54, 1.807) is 30.7 Å². The summed E-state index contributed by atoms with van der Waals surface area (Å²) in [5.74, 6) is 1.03. The molecule has 3 rings (SSSR count). The summed E-state index contributed by atoms with van der Waals surface area (Å²) in [7, 11) is 0. The molecule has 0 saturated carbocycles. The van der Waals surface area contributed by atoms with Gasteiger partial charge < -0.3 is 9.15 Å². The molecule has 3 aromatic rings. The Hall–Kier alpha value is -3.35. The number of hydrogen-bond donors (Lipinski definition) is 2. The molecule has 0 atom stereocenters. The Morgan fingerprint density at radius 3 is 2.89 bits per heavy atom. The van der Waals surface area contributed by atoms with E-state index in [-0.39, 0.29) is 5.69 Å². The Bertz CT molecular complexity index is 867. The van der Waals surface area contributed by atoms with E-state index in [0.29, 0.717) is 11.5 Å². The molecule has 140 valence electrons. The largest absolute Gasteiger partial charge is 0.494 e. The Morgan fingerprint density at radius 2 is 2.15 bits per heavy atom. The highest BCUT2D eigenvalue weighted by molar-refractivity contribution is 5.93. The van der Waals surface area contributed by atoms with Crippen molar-refractivity contribution in [2.75, 3.05) is 6.61 Å². The normalized spacial score (nSPS) is 11.0. The molecule has 0 fully saturated rings. The number of nitrogens with one attached hydrogen (secondary N) is 2. The van der Waals surface area contributed by atoms with Crippen LogP contribution >= 0.6 is 0 Å². The summed E-state index contributed by atoms with van der Waals surface area (Å²) in [5.41, 5.74) is 4.17. The third-order valence-corrected chi connectivity index (χ3v) is 3.87. The molecular weight excluding hydrogens is 344 g/mol. The first kappa shape index (κ1) is 18.4. The monoisotopic (exact) mass is 366 g/mol. The van der Waals surface area contributed by atoms with E-state index in [0.717, 1.165) is 24.3 Å². The summed E-state index contributed by atoms with van der Waals surface area (Å²) in [6.07, 6.45) is 6.53. The quantitative estimate of drug-likeness (QED) is 0.340. The Labute approximate surface area is 157 Å². The average molecular weight is 366 g/mol. The van der Waals surface area contributed by atoms with Gasteiger partial charge in [-0.1, -0.05) is 19.8 Å². The number of carbonyl (C=O) groups excluding carboxylic acids is 1. The number of unbranched alkanes of at least 4 members (excludes halogenated alkanes) is 2. The lowest BCUT2D eigenvalue weighted by molar-refractivity contribution is 0.0950. The zero-order chi connectivity index (χ0) is 18.9. The second-order valence-electron chi connectivity index (χ2n) is 5.97. The summed E-state index contributed by atoms with van der Waals surface area (Å²) >= 11 is 0. The first-order chi connectivity index (χ1) is 13.3. The van der Waals surface area contributed by atoms with E-state index in [4.69, 9.17) is 9.15 Å². The zero-order valence-electron chi connectivity index (χ0n) is 15.1. The number of carbonyl (C=O) groups is 1. The van der Waals surface area contributed by atoms with Gasteiger partial charge in [-0.05, 0) is 48.4 Å². The number of H-pyrrole nitrogens is 1. The van der Waals surface area contributed by atoms with Gasteiger partial charge in [0, 0.05) is 6.07 Å². The summed E-state index contributed by atoms with van der Waals surface area (Å²) in [5, 5.41) is 10.7. The van der Waals surface area contributed by atoms with E-state index < -0.39 is 5.91 Å². The van der Waals surface area contributed by atoms with E-state index in [1.165, 1.54) is 12.8 Å². The highest BCUT2D eigenvalue weighted by atomic mass is 16.5. The number of aromatic nitrogens is 2. The smallest absolute Gasteiger partial charge is 0.291 e. The molecule has 7 heteroatoms. The number of hydrogen-bond acceptors (Lipinski definition) is 5. The van der Waals surface area contributed by atoms with Crippen molar-refractivity contribution in [2.24, 2.45) is 5.10 Å². The van der Waals surface area contributed by atoms with Crippen LogP contribution in [0.5, 0.6) is 5.75 Å². The Balaban J connectivity index is 1.49. The SMILES string of the molecule is CCCCCOc1ccc(C=NNC(=O)c2cc(-c3ccco3)[nH]n2)cc1. The van der Waals surface area contributed by atoms with E-state index >= 15 is 0 Å². The number of hydrazone groups is 1. The maximum absolute atomic E-state index is 12.1. The van der Waals surface area contributed by atoms with Gasteiger partial charge in [-0.2, -0.15) is 10.2 Å². The molecule has 1 amide bonds. The highest BCUT2D eigenvalue weighted by Crippen LogP contribution is 2.17. The van der Waals surface area contributed by atoms with Crippen molar-refractivity contribution in [2.45, 2.75) is 26.2 Å². The second-order valence-corrected chi connectivity index (χ2v) is 5.97. The van der Waals surface area contributed by atoms with Gasteiger partial charge >= 0.3 is 0 Å². The van der Waals surface area contributed by atoms with Crippen LogP contribution in [-0.2, 0) is 0 Å². The predicted octanol–water partition coefficient (Wildman–Crippen LogP) is 4.00. The topological polar surface area (TPSA) is 92.5 Å². The van der Waals surface area contributed by atoms with E-state index in [2.05, 4.69) is 27.6 Å². The maximum Gasteiger partial charge on any atom is 0.291 e. The zero-order valence-corrected chi connectivity index (χ0v) is 15.1. The second kappa shape index (κ2) is 9.38. The van der Waals surface area contributed by atoms with Gasteiger partial charge in [-0.25, -0.2) is 5.43 Å². The van der Waals surface area contributed by atoms with Gasteiger partial charge in [0.25, 0.3) is 5.91 Å². The summed E-state index contributed by atoms with van der Waals surface area (Å²) in [4.78, 5) is 12.1. The lowest BCUT2D eigenvalue weighted by atomic mass is 10.2. The molecule has 0 bridgehead atoms. The van der Waals surface area contributed by atoms with Crippen molar-refractivity contribution in [3.63, 3.8) is 0 Å². The maximum atomic E-state index is 12.1. The molecule has 0 aliphatic carbocycles. The molecule has 2 heterocycles. The minimum atomic E-state index is -0.406. The van der Waals surface area contributed by atoms with Crippen molar-refractivity contribution in [1.29, 1.82) is 0 Å². The fourth-order valence-electron chi connectivity index (χ4n) is 2.41. The first-order valence-corrected chi connectivity index (χ1v) is 8.92. The minimum absolute atomic E-state index is 0.231. The first-order valence-electron chi connectivity index (χ1n) is 8.92. The number of rotatable bonds is 9. The third kappa shape index (κ3) is 5.31. The van der Waals surface area contributed by atoms with Crippen LogP contribution < -0.4 is 10.2 Å². The van der Waals surface area contributed by atoms with Crippen molar-refractivity contribution < 1.29 is 13.9 Å². The molecule has 27 heavy (non-hydrogen) atoms. The molecule has 2 aromatic heterocycles. The number of nitrogens with zero attached hydrogens (tertiary/aromatic N) is 2. The number of amides is 1. The van der Waals surface area contributed by atoms with E-state index in [1.807, 2.05) is 24.3 Å². The van der Waals surface area contributed by atoms with Gasteiger partial charge in [0.2, 0.25) is 0 Å². The molecule has 0 radical (unpaired) electrons. The highest BCUT2D eigenvalue weighted by Gasteiger charge is 2.11. The molecule has 1 aromatic carbocycles. The third-order valence-electron chi connectivity index (χ3n) is 3.87. The van der Waals surface area contributed by atoms with Crippen LogP contribution in [0, 0.1) is 0 Å². The van der Waals surface area contributed by atoms with Crippen LogP contribution in [0.4, 0.5) is 0 Å². The van der Waals surface area contributed by atoms with Gasteiger partial charge in [-0.3, -0.25) is 9.89 Å². The molecule has 7 nitrogen and oxygen atoms in total. The van der Waals surface area contributed by atoms with Crippen molar-refractivity contribution in [3.05, 3.63) is 60.0 Å². The number of aromatic amines is 1. The molecule has 0 saturated heterocycles. The summed E-state index contributed by atoms with van der Waals surface area (Å²) < 4.78 is 10.9. The van der Waals surface area contributed by atoms with Crippen LogP contribution in [0.2, 0.25) is 0 Å². The summed E-state index contributed by atoms with van der Waals surface area (Å²) in [6.45, 7) is 2.89. The van der Waals surface area contributed by atoms with Crippen LogP contribution in [-0.4, -0.2) is 28.9 Å². The van der Waals surface area contributed by atoms with Gasteiger partial charge in [0.15, 0.2) is 11.5 Å². The standard InChI is InChI=1S/C20H22N4O3/c1-2-3-4-11-26-16-9-7-15(8-10-16)14-21-24-20(25)18-13-17(22-23-18)19-6-5-12-27-19/h5-10,12-14H,2-4,11H2,1H3,(H,22,23)(H,24,25). The van der Waals surface area contributed by atoms with Crippen LogP contribution in [0.15, 0.2) is 58.2 Å². The number of benzene rings is 1. The van der Waals surface area contributed by atoms with Crippen LogP contribution in [0.3, 0.4) is 0 Å². The number of ether oxygens (including phenoxy) is 1. The molecule has 0 spiro atoms. The van der Waals surface area contributed by atoms with Gasteiger partial charge in [0.1, 0.15) is 11.4 Å². The Kier molecular flexibility index (Phi) is 6.40. The minimum Gasteiger partial charge on any atom is -0.494 e. The fourth-order valence-corrected chi connectivity index (χ4v) is 2.41. The summed E-state index contributed by atoms with van der Waals surface area (Å²) in [6, 6.07) is 12.7. The Morgan fingerprint density at radius 1 is 1.30 bits per heavy atom. The predicted molar refractivity (Wildman–Crippen MR) is 103 cm³/mol. The molecule has 0 aliphatic heterocycles. The van der Waals surface area contributed by atoms with Crippen molar-refractivity contribution >= 4 is 12.1 Å². The van der Waals surface area contributed by atoms with Crippen molar-refractivity contribution in [3.8, 4) is 17.2 Å². The molecule has 2 N–H and O–H groups in total.